The number of anilines is 1. The summed E-state index contributed by atoms with van der Waals surface area (Å²) >= 11 is 0. The summed E-state index contributed by atoms with van der Waals surface area (Å²) in [6, 6.07) is 2.85. The molecule has 0 aromatic heterocycles. The van der Waals surface area contributed by atoms with Gasteiger partial charge in [0.2, 0.25) is 0 Å². The number of carbonyl (C=O) groups excluding carboxylic acids is 1. The Morgan fingerprint density at radius 1 is 1.60 bits per heavy atom. The number of amides is 2. The van der Waals surface area contributed by atoms with Crippen LogP contribution in [0.2, 0.25) is 0 Å². The molecule has 1 unspecified atom stereocenters. The second kappa shape index (κ2) is 8.02. The molecule has 0 heterocycles. The monoisotopic (exact) mass is 280 g/mol. The van der Waals surface area contributed by atoms with Crippen LogP contribution in [-0.2, 0) is 0 Å². The first-order chi connectivity index (χ1) is 9.60. The summed E-state index contributed by atoms with van der Waals surface area (Å²) in [7, 11) is 0. The Morgan fingerprint density at radius 2 is 2.35 bits per heavy atom. The zero-order valence-electron chi connectivity index (χ0n) is 11.1. The Morgan fingerprint density at radius 3 is 2.95 bits per heavy atom. The number of aliphatic hydroxyl groups is 1. The van der Waals surface area contributed by atoms with Crippen molar-refractivity contribution >= 4 is 11.7 Å². The summed E-state index contributed by atoms with van der Waals surface area (Å²) in [4.78, 5) is 11.7. The predicted molar refractivity (Wildman–Crippen MR) is 74.0 cm³/mol. The molecule has 6 heteroatoms. The zero-order chi connectivity index (χ0) is 15.0. The van der Waals surface area contributed by atoms with Crippen molar-refractivity contribution < 1.29 is 19.0 Å². The highest BCUT2D eigenvalue weighted by Gasteiger charge is 2.12. The summed E-state index contributed by atoms with van der Waals surface area (Å²) < 4.78 is 18.3. The zero-order valence-corrected chi connectivity index (χ0v) is 11.1. The van der Waals surface area contributed by atoms with E-state index in [1.54, 1.807) is 0 Å². The molecular weight excluding hydrogens is 263 g/mol. The molecule has 1 atom stereocenters. The van der Waals surface area contributed by atoms with Gasteiger partial charge in [0.25, 0.3) is 0 Å². The molecule has 0 aliphatic carbocycles. The summed E-state index contributed by atoms with van der Waals surface area (Å²) in [6.07, 6.45) is 5.66. The number of carbonyl (C=O) groups is 1. The smallest absolute Gasteiger partial charge is 0.319 e. The van der Waals surface area contributed by atoms with Crippen molar-refractivity contribution in [2.24, 2.45) is 0 Å². The van der Waals surface area contributed by atoms with E-state index in [0.717, 1.165) is 6.07 Å². The van der Waals surface area contributed by atoms with Crippen LogP contribution in [0.3, 0.4) is 0 Å². The lowest BCUT2D eigenvalue weighted by atomic mass is 10.2. The summed E-state index contributed by atoms with van der Waals surface area (Å²) in [5, 5.41) is 14.1. The van der Waals surface area contributed by atoms with Crippen molar-refractivity contribution in [1.82, 2.24) is 5.32 Å². The Hall–Kier alpha value is -2.26. The van der Waals surface area contributed by atoms with Gasteiger partial charge in [-0.05, 0) is 18.6 Å². The van der Waals surface area contributed by atoms with Crippen molar-refractivity contribution in [2.75, 3.05) is 18.5 Å². The quantitative estimate of drug-likeness (QED) is 0.695. The molecule has 0 fully saturated rings. The molecule has 0 bridgehead atoms. The molecule has 0 saturated carbocycles. The number of urea groups is 1. The lowest BCUT2D eigenvalue weighted by molar-refractivity contribution is 0.222. The molecule has 0 spiro atoms. The third-order valence-electron chi connectivity index (χ3n) is 2.55. The van der Waals surface area contributed by atoms with Gasteiger partial charge in [-0.25, -0.2) is 9.18 Å². The van der Waals surface area contributed by atoms with Gasteiger partial charge in [-0.3, -0.25) is 0 Å². The minimum Gasteiger partial charge on any atom is -0.479 e. The second-order valence-electron chi connectivity index (χ2n) is 4.02. The Balaban J connectivity index is 2.75. The van der Waals surface area contributed by atoms with E-state index in [0.29, 0.717) is 12.1 Å². The van der Waals surface area contributed by atoms with E-state index in [1.165, 1.54) is 12.1 Å². The first-order valence-corrected chi connectivity index (χ1v) is 6.14. The molecule has 1 aromatic carbocycles. The fourth-order valence-corrected chi connectivity index (χ4v) is 1.46. The van der Waals surface area contributed by atoms with Gasteiger partial charge in [-0.15, -0.1) is 6.42 Å². The Bertz CT molecular complexity index is 496. The van der Waals surface area contributed by atoms with E-state index in [4.69, 9.17) is 16.3 Å². The third-order valence-corrected chi connectivity index (χ3v) is 2.55. The molecule has 5 nitrogen and oxygen atoms in total. The normalized spacial score (nSPS) is 11.3. The van der Waals surface area contributed by atoms with Crippen LogP contribution in [0, 0.1) is 18.2 Å². The molecule has 0 aliphatic heterocycles. The highest BCUT2D eigenvalue weighted by molar-refractivity contribution is 5.91. The Labute approximate surface area is 117 Å². The lowest BCUT2D eigenvalue weighted by Gasteiger charge is -2.16. The molecule has 108 valence electrons. The van der Waals surface area contributed by atoms with Crippen molar-refractivity contribution in [3.63, 3.8) is 0 Å². The van der Waals surface area contributed by atoms with Crippen LogP contribution < -0.4 is 15.4 Å². The molecule has 1 rings (SSSR count). The SMILES string of the molecule is C#CCOc1cc(F)ccc1NC(=O)NC(CC)CO. The van der Waals surface area contributed by atoms with E-state index in [1.807, 2.05) is 6.92 Å². The number of rotatable bonds is 6. The van der Waals surface area contributed by atoms with Crippen molar-refractivity contribution in [3.8, 4) is 18.1 Å². The third kappa shape index (κ3) is 4.78. The van der Waals surface area contributed by atoms with E-state index >= 15 is 0 Å². The van der Waals surface area contributed by atoms with Crippen molar-refractivity contribution in [2.45, 2.75) is 19.4 Å². The molecule has 3 N–H and O–H groups in total. The summed E-state index contributed by atoms with van der Waals surface area (Å²) in [5.41, 5.74) is 0.298. The molecule has 0 aliphatic rings. The molecule has 0 saturated heterocycles. The first-order valence-electron chi connectivity index (χ1n) is 6.14. The molecule has 2 amide bonds. The van der Waals surface area contributed by atoms with E-state index < -0.39 is 11.8 Å². The van der Waals surface area contributed by atoms with Crippen LogP contribution in [0.15, 0.2) is 18.2 Å². The average Bonchev–Trinajstić information content (AvgIpc) is 2.44. The highest BCUT2D eigenvalue weighted by Crippen LogP contribution is 2.25. The maximum absolute atomic E-state index is 13.1. The van der Waals surface area contributed by atoms with E-state index in [-0.39, 0.29) is 25.0 Å². The van der Waals surface area contributed by atoms with E-state index in [9.17, 15) is 9.18 Å². The highest BCUT2D eigenvalue weighted by atomic mass is 19.1. The average molecular weight is 280 g/mol. The number of ether oxygens (including phenoxy) is 1. The first kappa shape index (κ1) is 15.8. The van der Waals surface area contributed by atoms with Gasteiger partial charge in [0.1, 0.15) is 18.2 Å². The molecule has 0 radical (unpaired) electrons. The minimum atomic E-state index is -0.511. The van der Waals surface area contributed by atoms with Gasteiger partial charge in [0, 0.05) is 6.07 Å². The number of hydrogen-bond donors (Lipinski definition) is 3. The molecule has 1 aromatic rings. The number of terminal acetylenes is 1. The fraction of sp³-hybridized carbons (Fsp3) is 0.357. The number of benzene rings is 1. The molecular formula is C14H17FN2O3. The minimum absolute atomic E-state index is 0.0338. The van der Waals surface area contributed by atoms with Crippen LogP contribution in [0.25, 0.3) is 0 Å². The fourth-order valence-electron chi connectivity index (χ4n) is 1.46. The largest absolute Gasteiger partial charge is 0.479 e. The Kier molecular flexibility index (Phi) is 6.33. The maximum Gasteiger partial charge on any atom is 0.319 e. The van der Waals surface area contributed by atoms with Crippen molar-refractivity contribution in [3.05, 3.63) is 24.0 Å². The summed E-state index contributed by atoms with van der Waals surface area (Å²) in [5.74, 6) is 1.91. The van der Waals surface area contributed by atoms with Gasteiger partial charge >= 0.3 is 6.03 Å². The van der Waals surface area contributed by atoms with Crippen LogP contribution in [0.1, 0.15) is 13.3 Å². The van der Waals surface area contributed by atoms with Gasteiger partial charge in [-0.1, -0.05) is 12.8 Å². The predicted octanol–water partition coefficient (Wildman–Crippen LogP) is 1.73. The maximum atomic E-state index is 13.1. The van der Waals surface area contributed by atoms with Gasteiger partial charge in [-0.2, -0.15) is 0 Å². The van der Waals surface area contributed by atoms with Gasteiger partial charge in [0.15, 0.2) is 0 Å². The van der Waals surface area contributed by atoms with Crippen LogP contribution in [-0.4, -0.2) is 30.4 Å². The summed E-state index contributed by atoms with van der Waals surface area (Å²) in [6.45, 7) is 1.64. The standard InChI is InChI=1S/C14H17FN2O3/c1-3-7-20-13-8-10(15)5-6-12(13)17-14(19)16-11(4-2)9-18/h1,5-6,8,11,18H,4,7,9H2,2H3,(H2,16,17,19). The van der Waals surface area contributed by atoms with Crippen LogP contribution >= 0.6 is 0 Å². The topological polar surface area (TPSA) is 70.6 Å². The van der Waals surface area contributed by atoms with Gasteiger partial charge < -0.3 is 20.5 Å². The van der Waals surface area contributed by atoms with Gasteiger partial charge in [0.05, 0.1) is 18.3 Å². The van der Waals surface area contributed by atoms with E-state index in [2.05, 4.69) is 16.6 Å². The second-order valence-corrected chi connectivity index (χ2v) is 4.02. The van der Waals surface area contributed by atoms with Crippen LogP contribution in [0.5, 0.6) is 5.75 Å². The molecule has 20 heavy (non-hydrogen) atoms. The number of halogens is 1. The number of nitrogens with one attached hydrogen (secondary N) is 2. The van der Waals surface area contributed by atoms with Crippen molar-refractivity contribution in [1.29, 1.82) is 0 Å². The number of aliphatic hydroxyl groups excluding tert-OH is 1. The van der Waals surface area contributed by atoms with Crippen LogP contribution in [0.4, 0.5) is 14.9 Å². The lowest BCUT2D eigenvalue weighted by Crippen LogP contribution is -2.39. The number of hydrogen-bond acceptors (Lipinski definition) is 3.